The summed E-state index contributed by atoms with van der Waals surface area (Å²) in [4.78, 5) is 23.8. The van der Waals surface area contributed by atoms with E-state index in [9.17, 15) is 9.59 Å². The van der Waals surface area contributed by atoms with E-state index in [2.05, 4.69) is 10.6 Å². The topological polar surface area (TPSA) is 76.7 Å². The molecule has 6 heteroatoms. The molecular weight excluding hydrogens is 344 g/mol. The molecule has 6 nitrogen and oxygen atoms in total. The summed E-state index contributed by atoms with van der Waals surface area (Å²) in [5, 5.41) is 5.56. The highest BCUT2D eigenvalue weighted by molar-refractivity contribution is 5.94. The molecular formula is C21H26N2O4. The number of carbonyl (C=O) groups excluding carboxylic acids is 2. The Kier molecular flexibility index (Phi) is 8.16. The molecule has 0 bridgehead atoms. The zero-order valence-electron chi connectivity index (χ0n) is 15.8. The number of benzene rings is 2. The van der Waals surface area contributed by atoms with E-state index in [0.717, 1.165) is 11.3 Å². The van der Waals surface area contributed by atoms with E-state index in [-0.39, 0.29) is 11.8 Å². The van der Waals surface area contributed by atoms with Crippen molar-refractivity contribution in [3.63, 3.8) is 0 Å². The van der Waals surface area contributed by atoms with Crippen molar-refractivity contribution < 1.29 is 19.1 Å². The Morgan fingerprint density at radius 1 is 0.963 bits per heavy atom. The fraction of sp³-hybridized carbons (Fsp3) is 0.333. The standard InChI is InChI=1S/C21H26N2O4/c1-16-6-3-4-7-19(16)27-15-5-8-20(24)22-13-14-23-21(25)17-9-11-18(26-2)12-10-17/h3-4,6-7,9-12H,5,8,13-15H2,1-2H3,(H,22,24)(H,23,25). The van der Waals surface area contributed by atoms with Gasteiger partial charge in [0.25, 0.3) is 5.91 Å². The average molecular weight is 370 g/mol. The van der Waals surface area contributed by atoms with Gasteiger partial charge in [0.2, 0.25) is 5.91 Å². The molecule has 0 saturated heterocycles. The van der Waals surface area contributed by atoms with Crippen molar-refractivity contribution in [1.82, 2.24) is 10.6 Å². The third-order valence-electron chi connectivity index (χ3n) is 3.98. The van der Waals surface area contributed by atoms with Crippen molar-refractivity contribution >= 4 is 11.8 Å². The van der Waals surface area contributed by atoms with Gasteiger partial charge in [0.05, 0.1) is 13.7 Å². The summed E-state index contributed by atoms with van der Waals surface area (Å²) >= 11 is 0. The first-order valence-corrected chi connectivity index (χ1v) is 8.97. The SMILES string of the molecule is COc1ccc(C(=O)NCCNC(=O)CCCOc2ccccc2C)cc1. The second kappa shape index (κ2) is 10.9. The van der Waals surface area contributed by atoms with Gasteiger partial charge >= 0.3 is 0 Å². The Bertz CT molecular complexity index is 744. The first-order valence-electron chi connectivity index (χ1n) is 8.97. The van der Waals surface area contributed by atoms with Gasteiger partial charge in [-0.25, -0.2) is 0 Å². The lowest BCUT2D eigenvalue weighted by molar-refractivity contribution is -0.121. The van der Waals surface area contributed by atoms with Crippen LogP contribution in [0.15, 0.2) is 48.5 Å². The number of ether oxygens (including phenoxy) is 2. The van der Waals surface area contributed by atoms with Crippen LogP contribution in [0, 0.1) is 6.92 Å². The summed E-state index contributed by atoms with van der Waals surface area (Å²) in [5.74, 6) is 1.31. The lowest BCUT2D eigenvalue weighted by Crippen LogP contribution is -2.34. The highest BCUT2D eigenvalue weighted by atomic mass is 16.5. The Labute approximate surface area is 159 Å². The van der Waals surface area contributed by atoms with E-state index < -0.39 is 0 Å². The van der Waals surface area contributed by atoms with Gasteiger partial charge < -0.3 is 20.1 Å². The Morgan fingerprint density at radius 2 is 1.67 bits per heavy atom. The predicted octanol–water partition coefficient (Wildman–Crippen LogP) is 2.71. The number of aryl methyl sites for hydroxylation is 1. The molecule has 2 amide bonds. The summed E-state index contributed by atoms with van der Waals surface area (Å²) in [6, 6.07) is 14.6. The molecule has 0 aliphatic heterocycles. The molecule has 2 N–H and O–H groups in total. The lowest BCUT2D eigenvalue weighted by atomic mass is 10.2. The summed E-state index contributed by atoms with van der Waals surface area (Å²) in [6.45, 7) is 3.24. The highest BCUT2D eigenvalue weighted by Gasteiger charge is 2.06. The zero-order valence-corrected chi connectivity index (χ0v) is 15.8. The Balaban J connectivity index is 1.56. The maximum Gasteiger partial charge on any atom is 0.251 e. The Morgan fingerprint density at radius 3 is 2.37 bits per heavy atom. The minimum atomic E-state index is -0.182. The molecule has 0 aromatic heterocycles. The first kappa shape index (κ1) is 20.3. The molecule has 0 heterocycles. The average Bonchev–Trinajstić information content (AvgIpc) is 2.69. The highest BCUT2D eigenvalue weighted by Crippen LogP contribution is 2.16. The fourth-order valence-electron chi connectivity index (χ4n) is 2.44. The normalized spacial score (nSPS) is 10.1. The number of nitrogens with one attached hydrogen (secondary N) is 2. The first-order chi connectivity index (χ1) is 13.1. The van der Waals surface area contributed by atoms with E-state index in [1.807, 2.05) is 31.2 Å². The molecule has 0 saturated carbocycles. The summed E-state index contributed by atoms with van der Waals surface area (Å²) in [7, 11) is 1.58. The maximum absolute atomic E-state index is 12.0. The molecule has 27 heavy (non-hydrogen) atoms. The van der Waals surface area contributed by atoms with Crippen LogP contribution in [0.1, 0.15) is 28.8 Å². The van der Waals surface area contributed by atoms with Gasteiger partial charge in [0.1, 0.15) is 11.5 Å². The number of para-hydroxylation sites is 1. The van der Waals surface area contributed by atoms with Gasteiger partial charge in [-0.3, -0.25) is 9.59 Å². The Hall–Kier alpha value is -3.02. The smallest absolute Gasteiger partial charge is 0.251 e. The van der Waals surface area contributed by atoms with E-state index in [1.165, 1.54) is 0 Å². The van der Waals surface area contributed by atoms with Crippen LogP contribution in [0.3, 0.4) is 0 Å². The summed E-state index contributed by atoms with van der Waals surface area (Å²) in [5.41, 5.74) is 1.63. The van der Waals surface area contributed by atoms with E-state index in [1.54, 1.807) is 31.4 Å². The molecule has 0 spiro atoms. The van der Waals surface area contributed by atoms with Crippen molar-refractivity contribution in [2.24, 2.45) is 0 Å². The van der Waals surface area contributed by atoms with Crippen LogP contribution < -0.4 is 20.1 Å². The van der Waals surface area contributed by atoms with Crippen LogP contribution in [0.4, 0.5) is 0 Å². The fourth-order valence-corrected chi connectivity index (χ4v) is 2.44. The second-order valence-electron chi connectivity index (χ2n) is 6.05. The number of hydrogen-bond acceptors (Lipinski definition) is 4. The van der Waals surface area contributed by atoms with Gasteiger partial charge in [-0.1, -0.05) is 18.2 Å². The van der Waals surface area contributed by atoms with Crippen LogP contribution in [0.25, 0.3) is 0 Å². The molecule has 0 fully saturated rings. The number of amides is 2. The minimum Gasteiger partial charge on any atom is -0.497 e. The largest absolute Gasteiger partial charge is 0.497 e. The molecule has 144 valence electrons. The van der Waals surface area contributed by atoms with Crippen molar-refractivity contribution in [2.75, 3.05) is 26.8 Å². The molecule has 0 aliphatic carbocycles. The molecule has 0 unspecified atom stereocenters. The van der Waals surface area contributed by atoms with E-state index >= 15 is 0 Å². The van der Waals surface area contributed by atoms with E-state index in [4.69, 9.17) is 9.47 Å². The van der Waals surface area contributed by atoms with Crippen LogP contribution in [0.2, 0.25) is 0 Å². The van der Waals surface area contributed by atoms with Crippen LogP contribution in [0.5, 0.6) is 11.5 Å². The third-order valence-corrected chi connectivity index (χ3v) is 3.98. The van der Waals surface area contributed by atoms with Crippen molar-refractivity contribution in [2.45, 2.75) is 19.8 Å². The molecule has 0 aliphatic rings. The summed E-state index contributed by atoms with van der Waals surface area (Å²) < 4.78 is 10.7. The molecule has 2 aromatic rings. The number of hydrogen-bond donors (Lipinski definition) is 2. The monoisotopic (exact) mass is 370 g/mol. The predicted molar refractivity (Wildman–Crippen MR) is 104 cm³/mol. The quantitative estimate of drug-likeness (QED) is 0.631. The van der Waals surface area contributed by atoms with Gasteiger partial charge in [-0.2, -0.15) is 0 Å². The number of carbonyl (C=O) groups is 2. The van der Waals surface area contributed by atoms with Crippen molar-refractivity contribution in [1.29, 1.82) is 0 Å². The van der Waals surface area contributed by atoms with Gasteiger partial charge in [-0.15, -0.1) is 0 Å². The molecule has 2 rings (SSSR count). The van der Waals surface area contributed by atoms with Crippen LogP contribution >= 0.6 is 0 Å². The van der Waals surface area contributed by atoms with Gasteiger partial charge in [0, 0.05) is 25.1 Å². The lowest BCUT2D eigenvalue weighted by Gasteiger charge is -2.09. The molecule has 2 aromatic carbocycles. The molecule has 0 atom stereocenters. The minimum absolute atomic E-state index is 0.0536. The van der Waals surface area contributed by atoms with E-state index in [0.29, 0.717) is 43.9 Å². The number of methoxy groups -OCH3 is 1. The van der Waals surface area contributed by atoms with Gasteiger partial charge in [-0.05, 0) is 49.2 Å². The van der Waals surface area contributed by atoms with Crippen molar-refractivity contribution in [3.8, 4) is 11.5 Å². The maximum atomic E-state index is 12.0. The third kappa shape index (κ3) is 7.01. The van der Waals surface area contributed by atoms with Crippen molar-refractivity contribution in [3.05, 3.63) is 59.7 Å². The second-order valence-corrected chi connectivity index (χ2v) is 6.05. The summed E-state index contributed by atoms with van der Waals surface area (Å²) in [6.07, 6.45) is 1.02. The van der Waals surface area contributed by atoms with Gasteiger partial charge in [0.15, 0.2) is 0 Å². The van der Waals surface area contributed by atoms with Crippen LogP contribution in [-0.4, -0.2) is 38.6 Å². The van der Waals surface area contributed by atoms with Crippen LogP contribution in [-0.2, 0) is 4.79 Å². The zero-order chi connectivity index (χ0) is 19.5. The molecule has 0 radical (unpaired) electrons. The number of rotatable bonds is 10.